The van der Waals surface area contributed by atoms with Crippen LogP contribution in [-0.4, -0.2) is 40.2 Å². The first-order chi connectivity index (χ1) is 14.5. The number of allylic oxidation sites excluding steroid dienone is 5. The van der Waals surface area contributed by atoms with Gasteiger partial charge in [-0.1, -0.05) is 38.0 Å². The fraction of sp³-hybridized carbons (Fsp3) is 0.640. The van der Waals surface area contributed by atoms with E-state index in [1.54, 1.807) is 19.1 Å². The maximum absolute atomic E-state index is 13.1. The molecule has 0 aromatic heterocycles. The average Bonchev–Trinajstić information content (AvgIpc) is 2.97. The Morgan fingerprint density at radius 2 is 2.00 bits per heavy atom. The van der Waals surface area contributed by atoms with Crippen LogP contribution in [0.4, 0.5) is 0 Å². The third-order valence-electron chi connectivity index (χ3n) is 8.49. The van der Waals surface area contributed by atoms with Gasteiger partial charge >= 0.3 is 5.97 Å². The average molecular weight is 447 g/mol. The van der Waals surface area contributed by atoms with Crippen molar-refractivity contribution in [3.8, 4) is 0 Å². The van der Waals surface area contributed by atoms with Crippen molar-refractivity contribution in [3.05, 3.63) is 34.9 Å². The summed E-state index contributed by atoms with van der Waals surface area (Å²) in [6.07, 6.45) is 7.11. The Morgan fingerprint density at radius 3 is 2.68 bits per heavy atom. The molecule has 0 bridgehead atoms. The van der Waals surface area contributed by atoms with Crippen molar-refractivity contribution in [2.24, 2.45) is 22.7 Å². The largest absolute Gasteiger partial charge is 0.457 e. The number of rotatable bonds is 4. The van der Waals surface area contributed by atoms with Crippen LogP contribution in [0, 0.1) is 22.7 Å². The molecular formula is C25H31ClO5. The highest BCUT2D eigenvalue weighted by Gasteiger charge is 2.68. The summed E-state index contributed by atoms with van der Waals surface area (Å²) in [5.74, 6) is -0.508. The van der Waals surface area contributed by atoms with E-state index in [2.05, 4.69) is 6.92 Å². The number of hydrogen-bond donors (Lipinski definition) is 1. The minimum absolute atomic E-state index is 0.0126. The van der Waals surface area contributed by atoms with E-state index in [1.165, 1.54) is 0 Å². The first kappa shape index (κ1) is 22.5. The maximum Gasteiger partial charge on any atom is 0.305 e. The summed E-state index contributed by atoms with van der Waals surface area (Å²) < 4.78 is 5.13. The fourth-order valence-corrected chi connectivity index (χ4v) is 7.54. The van der Waals surface area contributed by atoms with Gasteiger partial charge in [0.15, 0.2) is 18.2 Å². The molecule has 1 N–H and O–H groups in total. The van der Waals surface area contributed by atoms with Gasteiger partial charge in [-0.25, -0.2) is 0 Å². The van der Waals surface area contributed by atoms with Gasteiger partial charge in [0.05, 0.1) is 11.0 Å². The number of hydrogen-bond acceptors (Lipinski definition) is 5. The first-order valence-corrected chi connectivity index (χ1v) is 11.6. The second kappa shape index (κ2) is 7.41. The number of fused-ring (bicyclic) bond motifs is 5. The highest BCUT2D eigenvalue weighted by Crippen LogP contribution is 2.69. The molecule has 4 aliphatic rings. The molecule has 0 aromatic rings. The lowest BCUT2D eigenvalue weighted by atomic mass is 9.46. The van der Waals surface area contributed by atoms with Crippen LogP contribution in [0.1, 0.15) is 59.8 Å². The molecule has 4 aliphatic carbocycles. The first-order valence-electron chi connectivity index (χ1n) is 11.2. The summed E-state index contributed by atoms with van der Waals surface area (Å²) in [5, 5.41) is 11.5. The number of aliphatic hydroxyl groups is 1. The lowest BCUT2D eigenvalue weighted by molar-refractivity contribution is -0.147. The van der Waals surface area contributed by atoms with Crippen LogP contribution < -0.4 is 0 Å². The predicted octanol–water partition coefficient (Wildman–Crippen LogP) is 4.08. The summed E-state index contributed by atoms with van der Waals surface area (Å²) in [4.78, 5) is 35.7. The van der Waals surface area contributed by atoms with Crippen molar-refractivity contribution in [2.45, 2.75) is 70.8 Å². The molecule has 0 saturated heterocycles. The van der Waals surface area contributed by atoms with Gasteiger partial charge in [-0.15, -0.1) is 11.6 Å². The SMILES string of the molecule is CCC(=O)OCC(=O)C1=C(C)C[C@H]2[C@@H]3CCC4=CC(=O)C=C[C@]4(C)[C@@]3(Cl)[C@@H](O)C[C@]12C. The minimum Gasteiger partial charge on any atom is -0.457 e. The highest BCUT2D eigenvalue weighted by atomic mass is 35.5. The molecule has 2 saturated carbocycles. The van der Waals surface area contributed by atoms with Gasteiger partial charge < -0.3 is 9.84 Å². The molecule has 0 heterocycles. The minimum atomic E-state index is -0.939. The van der Waals surface area contributed by atoms with Crippen LogP contribution in [0.5, 0.6) is 0 Å². The normalized spacial score (nSPS) is 41.3. The van der Waals surface area contributed by atoms with E-state index < -0.39 is 27.8 Å². The third kappa shape index (κ3) is 3.03. The number of alkyl halides is 1. The van der Waals surface area contributed by atoms with E-state index in [0.717, 1.165) is 30.4 Å². The van der Waals surface area contributed by atoms with Crippen LogP contribution in [0.3, 0.4) is 0 Å². The van der Waals surface area contributed by atoms with E-state index in [0.29, 0.717) is 12.0 Å². The number of aliphatic hydroxyl groups excluding tert-OH is 1. The molecule has 0 aromatic carbocycles. The molecule has 0 unspecified atom stereocenters. The Morgan fingerprint density at radius 1 is 1.29 bits per heavy atom. The third-order valence-corrected chi connectivity index (χ3v) is 9.41. The number of carbonyl (C=O) groups excluding carboxylic acids is 3. The monoisotopic (exact) mass is 446 g/mol. The highest BCUT2D eigenvalue weighted by molar-refractivity contribution is 6.26. The van der Waals surface area contributed by atoms with Gasteiger partial charge in [-0.2, -0.15) is 0 Å². The molecule has 0 amide bonds. The number of ketones is 2. The van der Waals surface area contributed by atoms with E-state index in [4.69, 9.17) is 16.3 Å². The van der Waals surface area contributed by atoms with Crippen LogP contribution in [0.2, 0.25) is 0 Å². The van der Waals surface area contributed by atoms with Gasteiger partial charge in [-0.3, -0.25) is 14.4 Å². The van der Waals surface area contributed by atoms with Crippen molar-refractivity contribution in [1.29, 1.82) is 0 Å². The van der Waals surface area contributed by atoms with Crippen molar-refractivity contribution in [2.75, 3.05) is 6.61 Å². The van der Waals surface area contributed by atoms with Gasteiger partial charge in [0.1, 0.15) is 0 Å². The fourth-order valence-electron chi connectivity index (χ4n) is 7.02. The summed E-state index contributed by atoms with van der Waals surface area (Å²) in [5.41, 5.74) is 1.55. The molecule has 0 aliphatic heterocycles. The number of ether oxygens (including phenoxy) is 1. The van der Waals surface area contributed by atoms with Crippen molar-refractivity contribution < 1.29 is 24.2 Å². The molecule has 168 valence electrons. The predicted molar refractivity (Wildman–Crippen MR) is 117 cm³/mol. The Hall–Kier alpha value is -1.72. The lowest BCUT2D eigenvalue weighted by Crippen LogP contribution is -2.65. The maximum atomic E-state index is 13.1. The van der Waals surface area contributed by atoms with Crippen LogP contribution in [0.25, 0.3) is 0 Å². The summed E-state index contributed by atoms with van der Waals surface area (Å²) in [6, 6.07) is 0. The topological polar surface area (TPSA) is 80.7 Å². The van der Waals surface area contributed by atoms with Crippen LogP contribution in [0.15, 0.2) is 34.9 Å². The number of halogens is 1. The molecule has 6 atom stereocenters. The number of Topliss-reactive ketones (excluding diaryl/α,β-unsaturated/α-hetero) is 1. The van der Waals surface area contributed by atoms with Gasteiger partial charge in [0, 0.05) is 22.8 Å². The van der Waals surface area contributed by atoms with E-state index in [1.807, 2.05) is 19.9 Å². The Labute approximate surface area is 188 Å². The van der Waals surface area contributed by atoms with Crippen molar-refractivity contribution in [3.63, 3.8) is 0 Å². The zero-order chi connectivity index (χ0) is 22.8. The molecule has 6 heteroatoms. The standard InChI is InChI=1S/C25H31ClO5/c1-5-21(30)31-13-19(28)22-14(2)10-18-17-7-6-15-11-16(27)8-9-24(15,4)25(17,26)20(29)12-23(18,22)3/h8-9,11,17-18,20,29H,5-7,10,12-13H2,1-4H3/t17-,18-,20-,23-,24-,25-/m0/s1. The molecule has 0 spiro atoms. The van der Waals surface area contributed by atoms with Crippen molar-refractivity contribution >= 4 is 29.1 Å². The van der Waals surface area contributed by atoms with Gasteiger partial charge in [0.2, 0.25) is 0 Å². The quantitative estimate of drug-likeness (QED) is 0.520. The van der Waals surface area contributed by atoms with E-state index in [-0.39, 0.29) is 36.4 Å². The molecule has 4 rings (SSSR count). The summed E-state index contributed by atoms with van der Waals surface area (Å²) in [6.45, 7) is 7.48. The molecule has 5 nitrogen and oxygen atoms in total. The summed E-state index contributed by atoms with van der Waals surface area (Å²) in [7, 11) is 0. The Balaban J connectivity index is 1.69. The van der Waals surface area contributed by atoms with Gasteiger partial charge in [0.25, 0.3) is 0 Å². The van der Waals surface area contributed by atoms with E-state index in [9.17, 15) is 19.5 Å². The van der Waals surface area contributed by atoms with Crippen LogP contribution >= 0.6 is 11.6 Å². The second-order valence-corrected chi connectivity index (χ2v) is 10.7. The van der Waals surface area contributed by atoms with E-state index >= 15 is 0 Å². The molecule has 31 heavy (non-hydrogen) atoms. The smallest absolute Gasteiger partial charge is 0.305 e. The molecule has 0 radical (unpaired) electrons. The Kier molecular flexibility index (Phi) is 5.37. The van der Waals surface area contributed by atoms with Crippen molar-refractivity contribution in [1.82, 2.24) is 0 Å². The second-order valence-electron chi connectivity index (χ2n) is 10.1. The lowest BCUT2D eigenvalue weighted by Gasteiger charge is -2.63. The molecular weight excluding hydrogens is 416 g/mol. The number of esters is 1. The molecule has 2 fully saturated rings. The number of carbonyl (C=O) groups is 3. The summed E-state index contributed by atoms with van der Waals surface area (Å²) >= 11 is 7.39. The Bertz CT molecular complexity index is 946. The zero-order valence-electron chi connectivity index (χ0n) is 18.7. The van der Waals surface area contributed by atoms with Crippen LogP contribution in [-0.2, 0) is 19.1 Å². The van der Waals surface area contributed by atoms with Gasteiger partial charge in [-0.05, 0) is 56.6 Å². The zero-order valence-corrected chi connectivity index (χ0v) is 19.4.